The van der Waals surface area contributed by atoms with E-state index in [1.807, 2.05) is 0 Å². The average Bonchev–Trinajstić information content (AvgIpc) is 1.82. The summed E-state index contributed by atoms with van der Waals surface area (Å²) in [5.41, 5.74) is 5.14. The van der Waals surface area contributed by atoms with E-state index in [9.17, 15) is 4.79 Å². The van der Waals surface area contributed by atoms with Crippen LogP contribution in [0.15, 0.2) is 0 Å². The molecule has 0 radical (unpaired) electrons. The van der Waals surface area contributed by atoms with Gasteiger partial charge in [-0.05, 0) is 0 Å². The first-order valence-electron chi connectivity index (χ1n) is 2.65. The molecule has 0 heterocycles. The third-order valence-electron chi connectivity index (χ3n) is 0.999. The first kappa shape index (κ1) is 8.39. The molecule has 4 nitrogen and oxygen atoms in total. The summed E-state index contributed by atoms with van der Waals surface area (Å²) in [5, 5.41) is 8.21. The molecule has 0 fully saturated rings. The van der Waals surface area contributed by atoms with Crippen LogP contribution in [0.1, 0.15) is 6.42 Å². The maximum atomic E-state index is 9.99. The second kappa shape index (κ2) is 4.29. The van der Waals surface area contributed by atoms with E-state index in [2.05, 4.69) is 0 Å². The van der Waals surface area contributed by atoms with E-state index in [1.54, 1.807) is 0 Å². The molecule has 3 N–H and O–H groups in total. The molecule has 0 unspecified atom stereocenters. The number of nitrogens with two attached hydrogens (primary N) is 1. The number of carboxylic acids is 1. The van der Waals surface area contributed by atoms with Crippen LogP contribution in [0.2, 0.25) is 0 Å². The molecule has 0 aromatic heterocycles. The minimum Gasteiger partial charge on any atom is -0.481 e. The van der Waals surface area contributed by atoms with Crippen LogP contribution in [0.5, 0.6) is 0 Å². The molecule has 0 aromatic carbocycles. The smallest absolute Gasteiger partial charge is 0.306 e. The van der Waals surface area contributed by atoms with Crippen LogP contribution < -0.4 is 5.73 Å². The quantitative estimate of drug-likeness (QED) is 0.539. The number of hydrogen-bond donors (Lipinski definition) is 2. The summed E-state index contributed by atoms with van der Waals surface area (Å²) in [4.78, 5) is 9.99. The van der Waals surface area contributed by atoms with E-state index < -0.39 is 5.97 Å². The van der Waals surface area contributed by atoms with Gasteiger partial charge in [0.25, 0.3) is 0 Å². The molecular weight excluding hydrogens is 122 g/mol. The van der Waals surface area contributed by atoms with Crippen molar-refractivity contribution in [1.82, 2.24) is 0 Å². The molecule has 54 valence electrons. The van der Waals surface area contributed by atoms with Crippen LogP contribution in [-0.4, -0.2) is 30.8 Å². The largest absolute Gasteiger partial charge is 0.481 e. The topological polar surface area (TPSA) is 72.5 Å². The van der Waals surface area contributed by atoms with E-state index in [4.69, 9.17) is 15.6 Å². The van der Waals surface area contributed by atoms with Gasteiger partial charge in [-0.3, -0.25) is 4.79 Å². The van der Waals surface area contributed by atoms with E-state index in [0.717, 1.165) is 0 Å². The third-order valence-corrected chi connectivity index (χ3v) is 0.999. The molecule has 0 saturated carbocycles. The van der Waals surface area contributed by atoms with Gasteiger partial charge in [-0.25, -0.2) is 0 Å². The lowest BCUT2D eigenvalue weighted by Gasteiger charge is -2.07. The third kappa shape index (κ3) is 3.93. The minimum atomic E-state index is -0.882. The maximum Gasteiger partial charge on any atom is 0.306 e. The number of rotatable bonds is 4. The number of hydrogen-bond acceptors (Lipinski definition) is 3. The number of ether oxygens (including phenoxy) is 1. The van der Waals surface area contributed by atoms with Crippen LogP contribution in [0, 0.1) is 0 Å². The van der Waals surface area contributed by atoms with E-state index in [0.29, 0.717) is 0 Å². The van der Waals surface area contributed by atoms with Gasteiger partial charge in [-0.1, -0.05) is 0 Å². The van der Waals surface area contributed by atoms with Crippen molar-refractivity contribution in [3.63, 3.8) is 0 Å². The van der Waals surface area contributed by atoms with Crippen LogP contribution in [0.3, 0.4) is 0 Å². The SMILES string of the molecule is CO[C@H](CN)CC(=O)O. The molecule has 0 spiro atoms. The van der Waals surface area contributed by atoms with Crippen molar-refractivity contribution in [3.8, 4) is 0 Å². The summed E-state index contributed by atoms with van der Waals surface area (Å²) >= 11 is 0. The molecule has 0 aliphatic heterocycles. The van der Waals surface area contributed by atoms with Crippen LogP contribution >= 0.6 is 0 Å². The van der Waals surface area contributed by atoms with Gasteiger partial charge in [0.15, 0.2) is 0 Å². The molecular formula is C5H11NO3. The Morgan fingerprint density at radius 2 is 2.44 bits per heavy atom. The normalized spacial score (nSPS) is 13.1. The highest BCUT2D eigenvalue weighted by Gasteiger charge is 2.08. The van der Waals surface area contributed by atoms with E-state index in [-0.39, 0.29) is 19.1 Å². The van der Waals surface area contributed by atoms with Crippen LogP contribution in [0.25, 0.3) is 0 Å². The Morgan fingerprint density at radius 1 is 1.89 bits per heavy atom. The van der Waals surface area contributed by atoms with Crippen molar-refractivity contribution in [2.45, 2.75) is 12.5 Å². The van der Waals surface area contributed by atoms with Gasteiger partial charge in [0, 0.05) is 13.7 Å². The second-order valence-corrected chi connectivity index (χ2v) is 1.69. The van der Waals surface area contributed by atoms with Crippen molar-refractivity contribution in [2.75, 3.05) is 13.7 Å². The van der Waals surface area contributed by atoms with Gasteiger partial charge in [0.2, 0.25) is 0 Å². The molecule has 1 atom stereocenters. The fourth-order valence-electron chi connectivity index (χ4n) is 0.458. The lowest BCUT2D eigenvalue weighted by atomic mass is 10.2. The molecule has 0 aliphatic carbocycles. The Balaban J connectivity index is 3.43. The summed E-state index contributed by atoms with van der Waals surface area (Å²) < 4.78 is 4.70. The maximum absolute atomic E-state index is 9.99. The number of carboxylic acid groups (broad SMARTS) is 1. The van der Waals surface area contributed by atoms with Gasteiger partial charge < -0.3 is 15.6 Å². The highest BCUT2D eigenvalue weighted by molar-refractivity contribution is 5.67. The Morgan fingerprint density at radius 3 is 2.56 bits per heavy atom. The Bertz CT molecular complexity index is 90.2. The van der Waals surface area contributed by atoms with Gasteiger partial charge in [0.1, 0.15) is 0 Å². The zero-order valence-corrected chi connectivity index (χ0v) is 5.33. The minimum absolute atomic E-state index is 0.0208. The standard InChI is InChI=1S/C5H11NO3/c1-9-4(3-6)2-5(7)8/h4H,2-3,6H2,1H3,(H,7,8)/t4-/m0/s1. The first-order valence-corrected chi connectivity index (χ1v) is 2.65. The fraction of sp³-hybridized carbons (Fsp3) is 0.800. The number of methoxy groups -OCH3 is 1. The monoisotopic (exact) mass is 133 g/mol. The first-order chi connectivity index (χ1) is 4.20. The summed E-state index contributed by atoms with van der Waals surface area (Å²) in [6.45, 7) is 0.253. The zero-order valence-electron chi connectivity index (χ0n) is 5.33. The van der Waals surface area contributed by atoms with Crippen molar-refractivity contribution < 1.29 is 14.6 Å². The fourth-order valence-corrected chi connectivity index (χ4v) is 0.458. The number of aliphatic carboxylic acids is 1. The predicted molar refractivity (Wildman–Crippen MR) is 32.1 cm³/mol. The predicted octanol–water partition coefficient (Wildman–Crippen LogP) is -0.565. The Kier molecular flexibility index (Phi) is 4.00. The molecule has 4 heteroatoms. The van der Waals surface area contributed by atoms with Crippen molar-refractivity contribution >= 4 is 5.97 Å². The van der Waals surface area contributed by atoms with Crippen LogP contribution in [0.4, 0.5) is 0 Å². The van der Waals surface area contributed by atoms with Gasteiger partial charge in [-0.15, -0.1) is 0 Å². The van der Waals surface area contributed by atoms with E-state index in [1.165, 1.54) is 7.11 Å². The molecule has 0 aromatic rings. The molecule has 0 aliphatic rings. The van der Waals surface area contributed by atoms with E-state index >= 15 is 0 Å². The summed E-state index contributed by atoms with van der Waals surface area (Å²) in [6, 6.07) is 0. The summed E-state index contributed by atoms with van der Waals surface area (Å²) in [5.74, 6) is -0.882. The highest BCUT2D eigenvalue weighted by Crippen LogP contribution is 1.92. The lowest BCUT2D eigenvalue weighted by molar-refractivity contribution is -0.139. The lowest BCUT2D eigenvalue weighted by Crippen LogP contribution is -2.25. The van der Waals surface area contributed by atoms with Crippen molar-refractivity contribution in [3.05, 3.63) is 0 Å². The summed E-state index contributed by atoms with van der Waals surface area (Å²) in [7, 11) is 1.44. The van der Waals surface area contributed by atoms with Crippen LogP contribution in [-0.2, 0) is 9.53 Å². The van der Waals surface area contributed by atoms with Gasteiger partial charge in [-0.2, -0.15) is 0 Å². The van der Waals surface area contributed by atoms with Gasteiger partial charge >= 0.3 is 5.97 Å². The molecule has 0 bridgehead atoms. The van der Waals surface area contributed by atoms with Crippen molar-refractivity contribution in [1.29, 1.82) is 0 Å². The Labute approximate surface area is 53.6 Å². The van der Waals surface area contributed by atoms with Crippen molar-refractivity contribution in [2.24, 2.45) is 5.73 Å². The number of carbonyl (C=O) groups is 1. The highest BCUT2D eigenvalue weighted by atomic mass is 16.5. The molecule has 0 rings (SSSR count). The average molecular weight is 133 g/mol. The summed E-state index contributed by atoms with van der Waals surface area (Å²) in [6.07, 6.45) is -0.366. The molecule has 9 heavy (non-hydrogen) atoms. The zero-order chi connectivity index (χ0) is 7.28. The molecule has 0 amide bonds. The molecule has 0 saturated heterocycles. The second-order valence-electron chi connectivity index (χ2n) is 1.69. The van der Waals surface area contributed by atoms with Gasteiger partial charge in [0.05, 0.1) is 12.5 Å². The Hall–Kier alpha value is -0.610.